The molecule has 0 amide bonds. The Balaban J connectivity index is 1.36. The first-order chi connectivity index (χ1) is 23.8. The maximum absolute atomic E-state index is 5.07. The second-order valence-electron chi connectivity index (χ2n) is 12.1. The van der Waals surface area contributed by atoms with E-state index >= 15 is 0 Å². The molecule has 0 unspecified atom stereocenters. The quantitative estimate of drug-likeness (QED) is 0.198. The zero-order chi connectivity index (χ0) is 31.6. The summed E-state index contributed by atoms with van der Waals surface area (Å²) >= 11 is 0. The molecule has 5 nitrogen and oxygen atoms in total. The van der Waals surface area contributed by atoms with Crippen LogP contribution >= 0.6 is 0 Å². The molecule has 0 bridgehead atoms. The molecule has 5 heteroatoms. The van der Waals surface area contributed by atoms with Gasteiger partial charge in [0, 0.05) is 50.4 Å². The molecule has 0 aliphatic carbocycles. The Morgan fingerprint density at radius 1 is 0.333 bits per heavy atom. The summed E-state index contributed by atoms with van der Waals surface area (Å²) < 4.78 is 4.81. The maximum atomic E-state index is 5.07. The van der Waals surface area contributed by atoms with Crippen LogP contribution in [0.25, 0.3) is 88.5 Å². The first kappa shape index (κ1) is 26.6. The first-order valence-electron chi connectivity index (χ1n) is 16.1. The van der Waals surface area contributed by atoms with Crippen LogP contribution in [0.2, 0.25) is 0 Å². The van der Waals surface area contributed by atoms with E-state index in [-0.39, 0.29) is 0 Å². The van der Waals surface area contributed by atoms with E-state index in [1.807, 2.05) is 48.8 Å². The van der Waals surface area contributed by atoms with E-state index in [2.05, 4.69) is 134 Å². The zero-order valence-corrected chi connectivity index (χ0v) is 25.8. The van der Waals surface area contributed by atoms with Crippen LogP contribution in [0.4, 0.5) is 0 Å². The molecule has 0 fully saturated rings. The van der Waals surface area contributed by atoms with E-state index in [4.69, 9.17) is 4.98 Å². The summed E-state index contributed by atoms with van der Waals surface area (Å²) in [5, 5.41) is 7.28. The van der Waals surface area contributed by atoms with Crippen molar-refractivity contribution in [3.8, 4) is 34.2 Å². The molecule has 48 heavy (non-hydrogen) atoms. The fourth-order valence-electron chi connectivity index (χ4n) is 7.37. The minimum atomic E-state index is 0.798. The van der Waals surface area contributed by atoms with Crippen LogP contribution in [-0.4, -0.2) is 24.1 Å². The van der Waals surface area contributed by atoms with Crippen LogP contribution in [0, 0.1) is 0 Å². The van der Waals surface area contributed by atoms with Gasteiger partial charge in [0.25, 0.3) is 0 Å². The van der Waals surface area contributed by atoms with Crippen molar-refractivity contribution in [2.75, 3.05) is 0 Å². The number of rotatable bonds is 4. The minimum Gasteiger partial charge on any atom is -0.309 e. The number of para-hydroxylation sites is 3. The second kappa shape index (κ2) is 10.5. The molecule has 0 atom stereocenters. The average Bonchev–Trinajstić information content (AvgIpc) is 3.69. The highest BCUT2D eigenvalue weighted by molar-refractivity contribution is 6.26. The fraction of sp³-hybridized carbons (Fsp3) is 0. The van der Waals surface area contributed by atoms with E-state index in [1.165, 1.54) is 43.4 Å². The molecular formula is C43H27N5. The lowest BCUT2D eigenvalue weighted by atomic mass is 10.0. The molecule has 5 aromatic carbocycles. The third-order valence-corrected chi connectivity index (χ3v) is 9.40. The largest absolute Gasteiger partial charge is 0.309 e. The molecule has 5 aromatic heterocycles. The highest BCUT2D eigenvalue weighted by Gasteiger charge is 2.21. The molecule has 0 aliphatic rings. The second-order valence-corrected chi connectivity index (χ2v) is 12.1. The lowest BCUT2D eigenvalue weighted by Gasteiger charge is -2.14. The van der Waals surface area contributed by atoms with Gasteiger partial charge in [-0.05, 0) is 60.7 Å². The topological polar surface area (TPSA) is 48.5 Å². The lowest BCUT2D eigenvalue weighted by molar-refractivity contribution is 1.14. The summed E-state index contributed by atoms with van der Waals surface area (Å²) in [7, 11) is 0. The normalized spacial score (nSPS) is 11.8. The number of hydrogen-bond donors (Lipinski definition) is 0. The van der Waals surface area contributed by atoms with Crippen LogP contribution in [0.3, 0.4) is 0 Å². The Bertz CT molecular complexity index is 2760. The molecule has 0 aliphatic heterocycles. The van der Waals surface area contributed by atoms with Crippen molar-refractivity contribution in [3.63, 3.8) is 0 Å². The summed E-state index contributed by atoms with van der Waals surface area (Å²) in [6.45, 7) is 0. The molecule has 0 saturated carbocycles. The average molecular weight is 614 g/mol. The highest BCUT2D eigenvalue weighted by atomic mass is 15.0. The van der Waals surface area contributed by atoms with Gasteiger partial charge in [0.2, 0.25) is 0 Å². The van der Waals surface area contributed by atoms with Gasteiger partial charge in [-0.2, -0.15) is 0 Å². The molecule has 0 N–H and O–H groups in total. The molecular weight excluding hydrogens is 587 g/mol. The smallest absolute Gasteiger partial charge is 0.0915 e. The van der Waals surface area contributed by atoms with Crippen LogP contribution in [0.15, 0.2) is 164 Å². The van der Waals surface area contributed by atoms with Gasteiger partial charge in [-0.3, -0.25) is 9.97 Å². The zero-order valence-electron chi connectivity index (χ0n) is 25.8. The van der Waals surface area contributed by atoms with E-state index < -0.39 is 0 Å². The van der Waals surface area contributed by atoms with Gasteiger partial charge >= 0.3 is 0 Å². The van der Waals surface area contributed by atoms with Crippen molar-refractivity contribution in [3.05, 3.63) is 164 Å². The Morgan fingerprint density at radius 2 is 0.771 bits per heavy atom. The Hall–Kier alpha value is -6.59. The molecule has 224 valence electrons. The van der Waals surface area contributed by atoms with Crippen molar-refractivity contribution < 1.29 is 0 Å². The van der Waals surface area contributed by atoms with E-state index in [1.54, 1.807) is 0 Å². The monoisotopic (exact) mass is 613 g/mol. The van der Waals surface area contributed by atoms with Crippen molar-refractivity contribution in [1.82, 2.24) is 24.1 Å². The molecule has 0 spiro atoms. The van der Waals surface area contributed by atoms with Crippen LogP contribution < -0.4 is 0 Å². The molecule has 10 aromatic rings. The maximum Gasteiger partial charge on any atom is 0.0915 e. The van der Waals surface area contributed by atoms with Crippen LogP contribution in [0.1, 0.15) is 0 Å². The Morgan fingerprint density at radius 3 is 1.27 bits per heavy atom. The van der Waals surface area contributed by atoms with Gasteiger partial charge in [-0.1, -0.05) is 91.0 Å². The standard InChI is InChI=1S/C43H27N5/c1-2-12-28(13-3-1)47-40-18-6-4-14-30(40)32-20-23-35-34(42(32)47)22-21-33-31-15-5-7-19-41(31)48(43(33)35)29-26-38(36-16-8-10-24-44-36)46-39(27-29)37-17-9-11-25-45-37/h1-27H. The van der Waals surface area contributed by atoms with Crippen molar-refractivity contribution in [2.24, 2.45) is 0 Å². The predicted octanol–water partition coefficient (Wildman–Crippen LogP) is 10.6. The fourth-order valence-corrected chi connectivity index (χ4v) is 7.37. The van der Waals surface area contributed by atoms with Crippen molar-refractivity contribution in [2.45, 2.75) is 0 Å². The molecule has 0 radical (unpaired) electrons. The first-order valence-corrected chi connectivity index (χ1v) is 16.1. The Labute approximate surface area is 276 Å². The van der Waals surface area contributed by atoms with Gasteiger partial charge in [-0.25, -0.2) is 4.98 Å². The van der Waals surface area contributed by atoms with Gasteiger partial charge in [0.1, 0.15) is 0 Å². The summed E-state index contributed by atoms with van der Waals surface area (Å²) in [5.74, 6) is 0. The molecule has 0 saturated heterocycles. The minimum absolute atomic E-state index is 0.798. The Kier molecular flexibility index (Phi) is 5.81. The van der Waals surface area contributed by atoms with E-state index in [0.717, 1.165) is 45.2 Å². The summed E-state index contributed by atoms with van der Waals surface area (Å²) in [6, 6.07) is 53.4. The van der Waals surface area contributed by atoms with Gasteiger partial charge < -0.3 is 9.13 Å². The third-order valence-electron chi connectivity index (χ3n) is 9.40. The molecule has 10 rings (SSSR count). The summed E-state index contributed by atoms with van der Waals surface area (Å²) in [4.78, 5) is 14.4. The van der Waals surface area contributed by atoms with Crippen molar-refractivity contribution >= 4 is 54.4 Å². The van der Waals surface area contributed by atoms with Gasteiger partial charge in [0.05, 0.1) is 50.5 Å². The van der Waals surface area contributed by atoms with Crippen molar-refractivity contribution in [1.29, 1.82) is 0 Å². The number of benzene rings is 5. The van der Waals surface area contributed by atoms with E-state index in [0.29, 0.717) is 0 Å². The number of aromatic nitrogens is 5. The SMILES string of the molecule is c1ccc(-n2c3ccccc3c3ccc4c(ccc5c6ccccc6n(-c6cc(-c7ccccn7)nc(-c7ccccn7)c6)c54)c32)cc1. The third kappa shape index (κ3) is 3.94. The van der Waals surface area contributed by atoms with Gasteiger partial charge in [-0.15, -0.1) is 0 Å². The predicted molar refractivity (Wildman–Crippen MR) is 197 cm³/mol. The number of fused-ring (bicyclic) bond motifs is 9. The number of pyridine rings is 3. The summed E-state index contributed by atoms with van der Waals surface area (Å²) in [5.41, 5.74) is 10.1. The highest BCUT2D eigenvalue weighted by Crippen LogP contribution is 2.42. The molecule has 5 heterocycles. The van der Waals surface area contributed by atoms with Crippen LogP contribution in [-0.2, 0) is 0 Å². The number of hydrogen-bond acceptors (Lipinski definition) is 3. The number of nitrogens with zero attached hydrogens (tertiary/aromatic N) is 5. The van der Waals surface area contributed by atoms with Crippen LogP contribution in [0.5, 0.6) is 0 Å². The summed E-state index contributed by atoms with van der Waals surface area (Å²) in [6.07, 6.45) is 3.63. The lowest BCUT2D eigenvalue weighted by Crippen LogP contribution is -2.00. The van der Waals surface area contributed by atoms with E-state index in [9.17, 15) is 0 Å². The van der Waals surface area contributed by atoms with Gasteiger partial charge in [0.15, 0.2) is 0 Å².